The molecular weight excluding hydrogens is 384 g/mol. The standard InChI is InChI=1S/C20H17ClN2OS2/c1-4-9-23-17-10-13(2)14(3)11-18(17)26-20(23)22-19(24)12-25-16-7-5-15(21)6-8-16/h1,5-8,10-11H,9,12H2,2-3H3. The number of aryl methyl sites for hydroxylation is 2. The normalized spacial score (nSPS) is 11.7. The van der Waals surface area contributed by atoms with Crippen molar-refractivity contribution < 1.29 is 4.79 Å². The minimum Gasteiger partial charge on any atom is -0.305 e. The molecule has 0 bridgehead atoms. The van der Waals surface area contributed by atoms with Crippen molar-refractivity contribution >= 4 is 50.8 Å². The number of halogens is 1. The molecule has 1 amide bonds. The first-order valence-corrected chi connectivity index (χ1v) is 10.2. The highest BCUT2D eigenvalue weighted by Gasteiger charge is 2.09. The van der Waals surface area contributed by atoms with E-state index in [1.807, 2.05) is 28.8 Å². The molecule has 0 atom stereocenters. The molecule has 0 aliphatic heterocycles. The highest BCUT2D eigenvalue weighted by Crippen LogP contribution is 2.23. The van der Waals surface area contributed by atoms with Gasteiger partial charge >= 0.3 is 0 Å². The number of thiazole rings is 1. The van der Waals surface area contributed by atoms with Gasteiger partial charge in [0.1, 0.15) is 0 Å². The average Bonchev–Trinajstić information content (AvgIpc) is 2.92. The number of nitrogens with zero attached hydrogens (tertiary/aromatic N) is 2. The van der Waals surface area contributed by atoms with Gasteiger partial charge in [-0.15, -0.1) is 18.2 Å². The molecule has 0 radical (unpaired) electrons. The smallest absolute Gasteiger partial charge is 0.258 e. The molecule has 0 saturated heterocycles. The van der Waals surface area contributed by atoms with E-state index < -0.39 is 0 Å². The van der Waals surface area contributed by atoms with Crippen LogP contribution in [0.25, 0.3) is 10.2 Å². The molecule has 0 fully saturated rings. The minimum absolute atomic E-state index is 0.185. The fraction of sp³-hybridized carbons (Fsp3) is 0.200. The quantitative estimate of drug-likeness (QED) is 0.464. The zero-order valence-corrected chi connectivity index (χ0v) is 16.8. The minimum atomic E-state index is -0.185. The van der Waals surface area contributed by atoms with Crippen LogP contribution in [-0.4, -0.2) is 16.2 Å². The first kappa shape index (κ1) is 18.8. The van der Waals surface area contributed by atoms with Gasteiger partial charge < -0.3 is 4.57 Å². The van der Waals surface area contributed by atoms with Crippen LogP contribution in [0.1, 0.15) is 11.1 Å². The van der Waals surface area contributed by atoms with Gasteiger partial charge in [0, 0.05) is 9.92 Å². The Morgan fingerprint density at radius 2 is 1.96 bits per heavy atom. The van der Waals surface area contributed by atoms with Crippen LogP contribution < -0.4 is 4.80 Å². The number of aromatic nitrogens is 1. The molecule has 0 spiro atoms. The number of fused-ring (bicyclic) bond motifs is 1. The van der Waals surface area contributed by atoms with Crippen LogP contribution in [0.4, 0.5) is 0 Å². The maximum Gasteiger partial charge on any atom is 0.258 e. The van der Waals surface area contributed by atoms with Crippen molar-refractivity contribution in [1.82, 2.24) is 4.57 Å². The van der Waals surface area contributed by atoms with Crippen LogP contribution in [0.15, 0.2) is 46.3 Å². The van der Waals surface area contributed by atoms with Gasteiger partial charge in [0.25, 0.3) is 5.91 Å². The Kier molecular flexibility index (Phi) is 5.87. The van der Waals surface area contributed by atoms with Crippen molar-refractivity contribution in [3.8, 4) is 12.3 Å². The summed E-state index contributed by atoms with van der Waals surface area (Å²) in [5, 5.41) is 0.677. The topological polar surface area (TPSA) is 34.4 Å². The summed E-state index contributed by atoms with van der Waals surface area (Å²) in [5.74, 6) is 2.74. The summed E-state index contributed by atoms with van der Waals surface area (Å²) in [6.45, 7) is 4.53. The molecular formula is C20H17ClN2OS2. The number of hydrogen-bond acceptors (Lipinski definition) is 3. The van der Waals surface area contributed by atoms with Crippen molar-refractivity contribution in [2.24, 2.45) is 4.99 Å². The third kappa shape index (κ3) is 4.21. The van der Waals surface area contributed by atoms with Gasteiger partial charge in [0.05, 0.1) is 22.5 Å². The highest BCUT2D eigenvalue weighted by molar-refractivity contribution is 8.00. The average molecular weight is 401 g/mol. The van der Waals surface area contributed by atoms with E-state index in [1.165, 1.54) is 34.2 Å². The van der Waals surface area contributed by atoms with E-state index in [0.717, 1.165) is 15.1 Å². The lowest BCUT2D eigenvalue weighted by Gasteiger charge is -2.03. The Morgan fingerprint density at radius 3 is 2.65 bits per heavy atom. The number of rotatable bonds is 4. The largest absolute Gasteiger partial charge is 0.305 e. The number of carbonyl (C=O) groups excluding carboxylic acids is 1. The maximum absolute atomic E-state index is 12.3. The second-order valence-corrected chi connectivity index (χ2v) is 8.32. The Bertz CT molecular complexity index is 1070. The first-order chi connectivity index (χ1) is 12.5. The third-order valence-corrected chi connectivity index (χ3v) is 6.23. The molecule has 0 saturated carbocycles. The fourth-order valence-electron chi connectivity index (χ4n) is 2.47. The lowest BCUT2D eigenvalue weighted by molar-refractivity contribution is -0.115. The summed E-state index contributed by atoms with van der Waals surface area (Å²) in [4.78, 5) is 18.3. The summed E-state index contributed by atoms with van der Waals surface area (Å²) in [7, 11) is 0. The maximum atomic E-state index is 12.3. The summed E-state index contributed by atoms with van der Waals surface area (Å²) in [5.41, 5.74) is 3.42. The van der Waals surface area contributed by atoms with Crippen LogP contribution in [-0.2, 0) is 11.3 Å². The van der Waals surface area contributed by atoms with Gasteiger partial charge in [-0.25, -0.2) is 0 Å². The lowest BCUT2D eigenvalue weighted by Crippen LogP contribution is -2.17. The number of hydrogen-bond donors (Lipinski definition) is 0. The molecule has 0 N–H and O–H groups in total. The molecule has 3 rings (SSSR count). The monoisotopic (exact) mass is 400 g/mol. The third-order valence-electron chi connectivity index (χ3n) is 3.94. The predicted octanol–water partition coefficient (Wildman–Crippen LogP) is 4.83. The van der Waals surface area contributed by atoms with E-state index >= 15 is 0 Å². The second kappa shape index (κ2) is 8.13. The number of thioether (sulfide) groups is 1. The van der Waals surface area contributed by atoms with Gasteiger partial charge in [-0.2, -0.15) is 4.99 Å². The molecule has 3 nitrogen and oxygen atoms in total. The van der Waals surface area contributed by atoms with E-state index in [1.54, 1.807) is 0 Å². The number of carbonyl (C=O) groups is 1. The summed E-state index contributed by atoms with van der Waals surface area (Å²) in [6.07, 6.45) is 5.52. The molecule has 6 heteroatoms. The molecule has 0 aliphatic rings. The van der Waals surface area contributed by atoms with Crippen LogP contribution in [0.5, 0.6) is 0 Å². The van der Waals surface area contributed by atoms with Crippen LogP contribution in [0, 0.1) is 26.2 Å². The van der Waals surface area contributed by atoms with E-state index in [4.69, 9.17) is 18.0 Å². The summed E-state index contributed by atoms with van der Waals surface area (Å²) >= 11 is 8.81. The zero-order chi connectivity index (χ0) is 18.7. The van der Waals surface area contributed by atoms with Crippen molar-refractivity contribution in [1.29, 1.82) is 0 Å². The van der Waals surface area contributed by atoms with Gasteiger partial charge in [-0.1, -0.05) is 28.9 Å². The number of benzene rings is 2. The van der Waals surface area contributed by atoms with Crippen LogP contribution >= 0.6 is 34.7 Å². The Hall–Kier alpha value is -2.00. The van der Waals surface area contributed by atoms with Gasteiger partial charge in [0.2, 0.25) is 0 Å². The zero-order valence-electron chi connectivity index (χ0n) is 14.5. The van der Waals surface area contributed by atoms with Crippen molar-refractivity contribution in [3.63, 3.8) is 0 Å². The van der Waals surface area contributed by atoms with Crippen LogP contribution in [0.3, 0.4) is 0 Å². The van der Waals surface area contributed by atoms with Crippen LogP contribution in [0.2, 0.25) is 5.02 Å². The Balaban J connectivity index is 1.90. The highest BCUT2D eigenvalue weighted by atomic mass is 35.5. The molecule has 0 aliphatic carbocycles. The number of amides is 1. The van der Waals surface area contributed by atoms with E-state index in [2.05, 4.69) is 36.9 Å². The van der Waals surface area contributed by atoms with Crippen molar-refractivity contribution in [2.75, 3.05) is 5.75 Å². The molecule has 0 unspecified atom stereocenters. The summed E-state index contributed by atoms with van der Waals surface area (Å²) in [6, 6.07) is 11.6. The van der Waals surface area contributed by atoms with Crippen molar-refractivity contribution in [3.05, 3.63) is 57.3 Å². The number of terminal acetylenes is 1. The predicted molar refractivity (Wildman–Crippen MR) is 111 cm³/mol. The second-order valence-electron chi connectivity index (χ2n) is 5.83. The van der Waals surface area contributed by atoms with Crippen molar-refractivity contribution in [2.45, 2.75) is 25.3 Å². The summed E-state index contributed by atoms with van der Waals surface area (Å²) < 4.78 is 3.01. The fourth-order valence-corrected chi connectivity index (χ4v) is 4.40. The molecule has 2 aromatic carbocycles. The van der Waals surface area contributed by atoms with Gasteiger partial charge in [-0.3, -0.25) is 4.79 Å². The SMILES string of the molecule is C#CCn1c(=NC(=O)CSc2ccc(Cl)cc2)sc2cc(C)c(C)cc21. The Labute approximate surface area is 165 Å². The first-order valence-electron chi connectivity index (χ1n) is 7.98. The molecule has 1 heterocycles. The van der Waals surface area contributed by atoms with Gasteiger partial charge in [-0.05, 0) is 61.4 Å². The van der Waals surface area contributed by atoms with E-state index in [-0.39, 0.29) is 11.7 Å². The van der Waals surface area contributed by atoms with E-state index in [0.29, 0.717) is 16.4 Å². The Morgan fingerprint density at radius 1 is 1.27 bits per heavy atom. The molecule has 26 heavy (non-hydrogen) atoms. The molecule has 3 aromatic rings. The lowest BCUT2D eigenvalue weighted by atomic mass is 10.1. The van der Waals surface area contributed by atoms with Gasteiger partial charge in [0.15, 0.2) is 4.80 Å². The molecule has 1 aromatic heterocycles. The van der Waals surface area contributed by atoms with E-state index in [9.17, 15) is 4.79 Å². The molecule has 132 valence electrons.